The summed E-state index contributed by atoms with van der Waals surface area (Å²) in [6, 6.07) is 12.3. The minimum absolute atomic E-state index is 0.0845. The van der Waals surface area contributed by atoms with Crippen molar-refractivity contribution in [1.29, 1.82) is 0 Å². The lowest BCUT2D eigenvalue weighted by Crippen LogP contribution is -2.23. The molecule has 3 rings (SSSR count). The molecule has 2 aromatic heterocycles. The lowest BCUT2D eigenvalue weighted by molar-refractivity contribution is 0.597. The Kier molecular flexibility index (Phi) is 4.64. The highest BCUT2D eigenvalue weighted by atomic mass is 32.2. The van der Waals surface area contributed by atoms with Crippen LogP contribution in [0.3, 0.4) is 0 Å². The van der Waals surface area contributed by atoms with E-state index in [2.05, 4.69) is 24.0 Å². The van der Waals surface area contributed by atoms with Gasteiger partial charge in [0.1, 0.15) is 4.83 Å². The molecule has 0 saturated heterocycles. The molecule has 114 valence electrons. The molecule has 22 heavy (non-hydrogen) atoms. The van der Waals surface area contributed by atoms with Gasteiger partial charge in [0.15, 0.2) is 5.16 Å². The smallest absolute Gasteiger partial charge is 0.262 e. The summed E-state index contributed by atoms with van der Waals surface area (Å²) in [5.74, 6) is 0. The van der Waals surface area contributed by atoms with Crippen LogP contribution in [0.5, 0.6) is 0 Å². The molecule has 0 spiro atoms. The second kappa shape index (κ2) is 6.67. The highest BCUT2D eigenvalue weighted by Gasteiger charge is 2.13. The normalized spacial score (nSPS) is 11.2. The molecule has 0 atom stereocenters. The lowest BCUT2D eigenvalue weighted by atomic mass is 10.1. The fourth-order valence-electron chi connectivity index (χ4n) is 2.46. The van der Waals surface area contributed by atoms with Crippen LogP contribution in [-0.4, -0.2) is 15.8 Å². The van der Waals surface area contributed by atoms with Crippen molar-refractivity contribution in [3.63, 3.8) is 0 Å². The van der Waals surface area contributed by atoms with Crippen molar-refractivity contribution >= 4 is 33.3 Å². The summed E-state index contributed by atoms with van der Waals surface area (Å²) in [5, 5.41) is 1.56. The molecule has 0 aliphatic carbocycles. The predicted molar refractivity (Wildman–Crippen MR) is 95.2 cm³/mol. The van der Waals surface area contributed by atoms with Crippen LogP contribution in [0.2, 0.25) is 0 Å². The Morgan fingerprint density at radius 3 is 2.73 bits per heavy atom. The standard InChI is InChI=1S/C17H18N2OS2/c1-3-13-11-14-15(22-13)18-17(21-2)19(16(14)20)10-9-12-7-5-4-6-8-12/h4-8,11H,3,9-10H2,1-2H3. The summed E-state index contributed by atoms with van der Waals surface area (Å²) in [5.41, 5.74) is 1.32. The molecular weight excluding hydrogens is 312 g/mol. The monoisotopic (exact) mass is 330 g/mol. The largest absolute Gasteiger partial charge is 0.287 e. The lowest BCUT2D eigenvalue weighted by Gasteiger charge is -2.10. The zero-order valence-electron chi connectivity index (χ0n) is 12.7. The second-order valence-electron chi connectivity index (χ2n) is 5.08. The van der Waals surface area contributed by atoms with Crippen LogP contribution in [0.4, 0.5) is 0 Å². The molecule has 0 radical (unpaired) electrons. The molecule has 5 heteroatoms. The zero-order chi connectivity index (χ0) is 15.5. The summed E-state index contributed by atoms with van der Waals surface area (Å²) in [6.45, 7) is 2.77. The van der Waals surface area contributed by atoms with Crippen LogP contribution < -0.4 is 5.56 Å². The van der Waals surface area contributed by atoms with Crippen LogP contribution >= 0.6 is 23.1 Å². The van der Waals surface area contributed by atoms with E-state index in [1.54, 1.807) is 11.3 Å². The molecule has 0 fully saturated rings. The van der Waals surface area contributed by atoms with Crippen LogP contribution in [0.15, 0.2) is 46.3 Å². The minimum atomic E-state index is 0.0845. The number of hydrogen-bond donors (Lipinski definition) is 0. The van der Waals surface area contributed by atoms with Gasteiger partial charge in [-0.2, -0.15) is 0 Å². The first-order valence-electron chi connectivity index (χ1n) is 7.34. The van der Waals surface area contributed by atoms with E-state index in [4.69, 9.17) is 0 Å². The van der Waals surface area contributed by atoms with Gasteiger partial charge >= 0.3 is 0 Å². The van der Waals surface area contributed by atoms with Gasteiger partial charge in [0.25, 0.3) is 5.56 Å². The van der Waals surface area contributed by atoms with Gasteiger partial charge < -0.3 is 0 Å². The maximum Gasteiger partial charge on any atom is 0.262 e. The van der Waals surface area contributed by atoms with Crippen molar-refractivity contribution in [3.05, 3.63) is 57.2 Å². The van der Waals surface area contributed by atoms with E-state index in [0.717, 1.165) is 28.2 Å². The maximum absolute atomic E-state index is 12.8. The molecule has 0 bridgehead atoms. The van der Waals surface area contributed by atoms with Crippen LogP contribution in [0.25, 0.3) is 10.2 Å². The van der Waals surface area contributed by atoms with Gasteiger partial charge in [0, 0.05) is 11.4 Å². The van der Waals surface area contributed by atoms with Gasteiger partial charge in [0.2, 0.25) is 0 Å². The Hall–Kier alpha value is -1.59. The highest BCUT2D eigenvalue weighted by Crippen LogP contribution is 2.24. The van der Waals surface area contributed by atoms with Gasteiger partial charge in [0.05, 0.1) is 5.39 Å². The number of thiophene rings is 1. The van der Waals surface area contributed by atoms with Crippen LogP contribution in [0.1, 0.15) is 17.4 Å². The van der Waals surface area contributed by atoms with E-state index in [9.17, 15) is 4.79 Å². The fraction of sp³-hybridized carbons (Fsp3) is 0.294. The minimum Gasteiger partial charge on any atom is -0.287 e. The van der Waals surface area contributed by atoms with Crippen molar-refractivity contribution < 1.29 is 0 Å². The molecule has 0 saturated carbocycles. The predicted octanol–water partition coefficient (Wildman–Crippen LogP) is 3.99. The Bertz CT molecular complexity index is 837. The average Bonchev–Trinajstić information content (AvgIpc) is 2.98. The van der Waals surface area contributed by atoms with Crippen molar-refractivity contribution in [2.75, 3.05) is 6.26 Å². The number of aromatic nitrogens is 2. The topological polar surface area (TPSA) is 34.9 Å². The summed E-state index contributed by atoms with van der Waals surface area (Å²) in [6.07, 6.45) is 3.76. The molecule has 3 aromatic rings. The first-order valence-corrected chi connectivity index (χ1v) is 9.38. The average molecular weight is 330 g/mol. The quantitative estimate of drug-likeness (QED) is 0.524. The Morgan fingerprint density at radius 2 is 2.05 bits per heavy atom. The van der Waals surface area contributed by atoms with E-state index in [0.29, 0.717) is 6.54 Å². The van der Waals surface area contributed by atoms with Crippen molar-refractivity contribution in [2.45, 2.75) is 31.5 Å². The Morgan fingerprint density at radius 1 is 1.27 bits per heavy atom. The number of aryl methyl sites for hydroxylation is 2. The maximum atomic E-state index is 12.8. The van der Waals surface area contributed by atoms with E-state index < -0.39 is 0 Å². The van der Waals surface area contributed by atoms with Crippen LogP contribution in [-0.2, 0) is 19.4 Å². The third kappa shape index (κ3) is 2.96. The van der Waals surface area contributed by atoms with Crippen molar-refractivity contribution in [1.82, 2.24) is 9.55 Å². The van der Waals surface area contributed by atoms with Gasteiger partial charge in [-0.3, -0.25) is 9.36 Å². The van der Waals surface area contributed by atoms with Gasteiger partial charge in [-0.25, -0.2) is 4.98 Å². The molecule has 1 aromatic carbocycles. The Labute approximate surface area is 138 Å². The molecule has 0 N–H and O–H groups in total. The van der Waals surface area contributed by atoms with Crippen molar-refractivity contribution in [3.8, 4) is 0 Å². The number of fused-ring (bicyclic) bond motifs is 1. The highest BCUT2D eigenvalue weighted by molar-refractivity contribution is 7.98. The molecule has 2 heterocycles. The summed E-state index contributed by atoms with van der Waals surface area (Å²) < 4.78 is 1.81. The first-order chi connectivity index (χ1) is 10.7. The summed E-state index contributed by atoms with van der Waals surface area (Å²) in [4.78, 5) is 19.5. The Balaban J connectivity index is 2.00. The molecule has 0 aliphatic heterocycles. The van der Waals surface area contributed by atoms with Gasteiger partial charge in [-0.15, -0.1) is 11.3 Å². The third-order valence-electron chi connectivity index (χ3n) is 3.67. The molecular formula is C17H18N2OS2. The molecule has 0 unspecified atom stereocenters. The zero-order valence-corrected chi connectivity index (χ0v) is 14.3. The van der Waals surface area contributed by atoms with Gasteiger partial charge in [-0.1, -0.05) is 49.0 Å². The molecule has 0 amide bonds. The fourth-order valence-corrected chi connectivity index (χ4v) is 4.05. The summed E-state index contributed by atoms with van der Waals surface area (Å²) in [7, 11) is 0. The number of thioether (sulfide) groups is 1. The molecule has 3 nitrogen and oxygen atoms in total. The summed E-state index contributed by atoms with van der Waals surface area (Å²) >= 11 is 3.16. The number of nitrogens with zero attached hydrogens (tertiary/aromatic N) is 2. The van der Waals surface area contributed by atoms with Crippen molar-refractivity contribution in [2.24, 2.45) is 0 Å². The number of rotatable bonds is 5. The number of benzene rings is 1. The third-order valence-corrected chi connectivity index (χ3v) is 5.52. The van der Waals surface area contributed by atoms with Crippen LogP contribution in [0, 0.1) is 0 Å². The van der Waals surface area contributed by atoms with E-state index >= 15 is 0 Å². The SMILES string of the molecule is CCc1cc2c(=O)n(CCc3ccccc3)c(SC)nc2s1. The van der Waals surface area contributed by atoms with E-state index in [1.807, 2.05) is 35.1 Å². The number of hydrogen-bond acceptors (Lipinski definition) is 4. The van der Waals surface area contributed by atoms with E-state index in [1.165, 1.54) is 22.2 Å². The van der Waals surface area contributed by atoms with E-state index in [-0.39, 0.29) is 5.56 Å². The second-order valence-corrected chi connectivity index (χ2v) is 6.96. The molecule has 0 aliphatic rings. The van der Waals surface area contributed by atoms with Gasteiger partial charge in [-0.05, 0) is 30.7 Å². The first kappa shape index (κ1) is 15.3.